The van der Waals surface area contributed by atoms with Gasteiger partial charge in [-0.15, -0.1) is 0 Å². The third kappa shape index (κ3) is 6.60. The molecule has 1 amide bonds. The van der Waals surface area contributed by atoms with Crippen LogP contribution in [0.2, 0.25) is 0 Å². The second-order valence-corrected chi connectivity index (χ2v) is 6.94. The van der Waals surface area contributed by atoms with E-state index in [1.54, 1.807) is 0 Å². The van der Waals surface area contributed by atoms with E-state index in [1.165, 1.54) is 12.8 Å². The van der Waals surface area contributed by atoms with Crippen LogP contribution < -0.4 is 10.6 Å². The largest absolute Gasteiger partial charge is 0.444 e. The predicted molar refractivity (Wildman–Crippen MR) is 82.9 cm³/mol. The lowest BCUT2D eigenvalue weighted by atomic mass is 10.0. The van der Waals surface area contributed by atoms with Gasteiger partial charge in [-0.3, -0.25) is 0 Å². The van der Waals surface area contributed by atoms with Gasteiger partial charge in [-0.2, -0.15) is 0 Å². The smallest absolute Gasteiger partial charge is 0.407 e. The minimum absolute atomic E-state index is 0.254. The lowest BCUT2D eigenvalue weighted by Gasteiger charge is -2.22. The summed E-state index contributed by atoms with van der Waals surface area (Å²) in [6.45, 7) is 11.3. The van der Waals surface area contributed by atoms with Crippen LogP contribution >= 0.6 is 0 Å². The summed E-state index contributed by atoms with van der Waals surface area (Å²) < 4.78 is 5.30. The van der Waals surface area contributed by atoms with Crippen LogP contribution in [0.1, 0.15) is 66.7 Å². The van der Waals surface area contributed by atoms with Crippen LogP contribution in [0, 0.1) is 5.92 Å². The molecule has 0 radical (unpaired) electrons. The molecule has 1 saturated carbocycles. The SMILES string of the molecule is CCC(CC)CNC1CCC(NC(=O)OC(C)(C)C)C1. The van der Waals surface area contributed by atoms with Crippen LogP contribution in [-0.2, 0) is 4.74 Å². The molecule has 1 rings (SSSR count). The Morgan fingerprint density at radius 1 is 1.20 bits per heavy atom. The van der Waals surface area contributed by atoms with E-state index in [4.69, 9.17) is 4.74 Å². The van der Waals surface area contributed by atoms with Crippen molar-refractivity contribution in [3.8, 4) is 0 Å². The first kappa shape index (κ1) is 17.3. The molecule has 0 aliphatic heterocycles. The Morgan fingerprint density at radius 3 is 2.35 bits per heavy atom. The van der Waals surface area contributed by atoms with Crippen molar-refractivity contribution < 1.29 is 9.53 Å². The number of ether oxygens (including phenoxy) is 1. The number of alkyl carbamates (subject to hydrolysis) is 1. The fourth-order valence-corrected chi connectivity index (χ4v) is 2.68. The quantitative estimate of drug-likeness (QED) is 0.785. The Morgan fingerprint density at radius 2 is 1.80 bits per heavy atom. The lowest BCUT2D eigenvalue weighted by molar-refractivity contribution is 0.0505. The summed E-state index contributed by atoms with van der Waals surface area (Å²) in [4.78, 5) is 11.7. The maximum atomic E-state index is 11.7. The van der Waals surface area contributed by atoms with Gasteiger partial charge in [0.25, 0.3) is 0 Å². The zero-order valence-electron chi connectivity index (χ0n) is 13.8. The molecule has 1 aliphatic rings. The van der Waals surface area contributed by atoms with E-state index in [9.17, 15) is 4.79 Å². The molecule has 0 aromatic rings. The second kappa shape index (κ2) is 7.87. The Bertz CT molecular complexity index is 295. The molecule has 1 aliphatic carbocycles. The molecule has 4 nitrogen and oxygen atoms in total. The van der Waals surface area contributed by atoms with Crippen LogP contribution in [0.5, 0.6) is 0 Å². The molecule has 0 saturated heterocycles. The number of rotatable bonds is 6. The summed E-state index contributed by atoms with van der Waals surface area (Å²) >= 11 is 0. The molecular weight excluding hydrogens is 252 g/mol. The van der Waals surface area contributed by atoms with E-state index in [2.05, 4.69) is 24.5 Å². The van der Waals surface area contributed by atoms with Crippen LogP contribution in [0.15, 0.2) is 0 Å². The van der Waals surface area contributed by atoms with Gasteiger partial charge in [0.1, 0.15) is 5.60 Å². The fourth-order valence-electron chi connectivity index (χ4n) is 2.68. The molecule has 1 fully saturated rings. The van der Waals surface area contributed by atoms with Gasteiger partial charge in [-0.05, 0) is 52.5 Å². The molecule has 4 heteroatoms. The third-order valence-electron chi connectivity index (χ3n) is 4.00. The van der Waals surface area contributed by atoms with Gasteiger partial charge in [0, 0.05) is 12.1 Å². The molecule has 0 aromatic heterocycles. The van der Waals surface area contributed by atoms with Crippen molar-refractivity contribution in [2.24, 2.45) is 5.92 Å². The van der Waals surface area contributed by atoms with Crippen molar-refractivity contribution in [2.45, 2.75) is 84.4 Å². The summed E-state index contributed by atoms with van der Waals surface area (Å²) in [5.74, 6) is 0.771. The highest BCUT2D eigenvalue weighted by atomic mass is 16.6. The maximum absolute atomic E-state index is 11.7. The summed E-state index contributed by atoms with van der Waals surface area (Å²) in [5.41, 5.74) is -0.421. The molecular formula is C16H32N2O2. The predicted octanol–water partition coefficient (Wildman–Crippen LogP) is 3.46. The Hall–Kier alpha value is -0.770. The van der Waals surface area contributed by atoms with Crippen molar-refractivity contribution in [1.82, 2.24) is 10.6 Å². The van der Waals surface area contributed by atoms with E-state index >= 15 is 0 Å². The summed E-state index contributed by atoms with van der Waals surface area (Å²) in [5, 5.41) is 6.62. The standard InChI is InChI=1S/C16H32N2O2/c1-6-12(7-2)11-17-13-8-9-14(10-13)18-15(19)20-16(3,4)5/h12-14,17H,6-11H2,1-5H3,(H,18,19). The zero-order valence-corrected chi connectivity index (χ0v) is 13.8. The van der Waals surface area contributed by atoms with Crippen LogP contribution in [-0.4, -0.2) is 30.3 Å². The zero-order chi connectivity index (χ0) is 15.2. The maximum Gasteiger partial charge on any atom is 0.407 e. The van der Waals surface area contributed by atoms with Gasteiger partial charge in [0.15, 0.2) is 0 Å². The van der Waals surface area contributed by atoms with Crippen LogP contribution in [0.3, 0.4) is 0 Å². The summed E-state index contributed by atoms with van der Waals surface area (Å²) in [6, 6.07) is 0.791. The van der Waals surface area contributed by atoms with Crippen molar-refractivity contribution >= 4 is 6.09 Å². The molecule has 2 atom stereocenters. The molecule has 0 aromatic carbocycles. The molecule has 118 valence electrons. The van der Waals surface area contributed by atoms with Gasteiger partial charge in [0.05, 0.1) is 0 Å². The highest BCUT2D eigenvalue weighted by Crippen LogP contribution is 2.20. The molecule has 0 bridgehead atoms. The number of nitrogens with one attached hydrogen (secondary N) is 2. The highest BCUT2D eigenvalue weighted by molar-refractivity contribution is 5.68. The third-order valence-corrected chi connectivity index (χ3v) is 4.00. The van der Waals surface area contributed by atoms with Gasteiger partial charge < -0.3 is 15.4 Å². The molecule has 2 N–H and O–H groups in total. The molecule has 2 unspecified atom stereocenters. The molecule has 0 heterocycles. The van der Waals surface area contributed by atoms with Crippen molar-refractivity contribution in [3.63, 3.8) is 0 Å². The van der Waals surface area contributed by atoms with Crippen molar-refractivity contribution in [2.75, 3.05) is 6.54 Å². The van der Waals surface area contributed by atoms with Gasteiger partial charge in [0.2, 0.25) is 0 Å². The first-order valence-electron chi connectivity index (χ1n) is 8.07. The first-order chi connectivity index (χ1) is 9.34. The van der Waals surface area contributed by atoms with Gasteiger partial charge in [-0.25, -0.2) is 4.79 Å². The fraction of sp³-hybridized carbons (Fsp3) is 0.938. The topological polar surface area (TPSA) is 50.4 Å². The van der Waals surface area contributed by atoms with Crippen molar-refractivity contribution in [3.05, 3.63) is 0 Å². The Balaban J connectivity index is 2.24. The average Bonchev–Trinajstić information content (AvgIpc) is 2.75. The van der Waals surface area contributed by atoms with E-state index in [0.29, 0.717) is 6.04 Å². The van der Waals surface area contributed by atoms with E-state index in [-0.39, 0.29) is 12.1 Å². The number of carbonyl (C=O) groups excluding carboxylic acids is 1. The van der Waals surface area contributed by atoms with E-state index in [0.717, 1.165) is 31.7 Å². The van der Waals surface area contributed by atoms with Crippen LogP contribution in [0.4, 0.5) is 4.79 Å². The number of carbonyl (C=O) groups is 1. The molecule has 20 heavy (non-hydrogen) atoms. The Labute approximate surface area is 124 Å². The number of hydrogen-bond donors (Lipinski definition) is 2. The number of amides is 1. The normalized spacial score (nSPS) is 23.1. The van der Waals surface area contributed by atoms with Crippen LogP contribution in [0.25, 0.3) is 0 Å². The van der Waals surface area contributed by atoms with Gasteiger partial charge in [-0.1, -0.05) is 26.7 Å². The van der Waals surface area contributed by atoms with E-state index < -0.39 is 5.60 Å². The van der Waals surface area contributed by atoms with Gasteiger partial charge >= 0.3 is 6.09 Å². The first-order valence-corrected chi connectivity index (χ1v) is 8.07. The number of hydrogen-bond acceptors (Lipinski definition) is 3. The van der Waals surface area contributed by atoms with E-state index in [1.807, 2.05) is 20.8 Å². The second-order valence-electron chi connectivity index (χ2n) is 6.94. The summed E-state index contributed by atoms with van der Waals surface area (Å²) in [7, 11) is 0. The monoisotopic (exact) mass is 284 g/mol. The van der Waals surface area contributed by atoms with Crippen molar-refractivity contribution in [1.29, 1.82) is 0 Å². The minimum Gasteiger partial charge on any atom is -0.444 e. The molecule has 0 spiro atoms. The Kier molecular flexibility index (Phi) is 6.80. The lowest BCUT2D eigenvalue weighted by Crippen LogP contribution is -2.39. The average molecular weight is 284 g/mol. The summed E-state index contributed by atoms with van der Waals surface area (Å²) in [6.07, 6.45) is 5.37. The highest BCUT2D eigenvalue weighted by Gasteiger charge is 2.27. The minimum atomic E-state index is -0.421.